The molecule has 0 unspecified atom stereocenters. The minimum absolute atomic E-state index is 0.0127. The number of nitrogens with zero attached hydrogens (tertiary/aromatic N) is 5. The second kappa shape index (κ2) is 8.03. The molecule has 4 rings (SSSR count). The molecule has 160 valence electrons. The largest absolute Gasteiger partial charge is 0.465 e. The van der Waals surface area contributed by atoms with E-state index in [4.69, 9.17) is 4.74 Å². The maximum absolute atomic E-state index is 11.6. The van der Waals surface area contributed by atoms with Crippen LogP contribution in [0.3, 0.4) is 0 Å². The van der Waals surface area contributed by atoms with Crippen molar-refractivity contribution >= 4 is 39.9 Å². The lowest BCUT2D eigenvalue weighted by Crippen LogP contribution is -2.26. The van der Waals surface area contributed by atoms with Gasteiger partial charge in [0, 0.05) is 26.6 Å². The number of aromatic nitrogens is 5. The third-order valence-electron chi connectivity index (χ3n) is 4.85. The van der Waals surface area contributed by atoms with E-state index in [-0.39, 0.29) is 24.9 Å². The van der Waals surface area contributed by atoms with E-state index >= 15 is 0 Å². The predicted molar refractivity (Wildman–Crippen MR) is 114 cm³/mol. The highest BCUT2D eigenvalue weighted by molar-refractivity contribution is 6.09. The molecular formula is C20H21N7O4. The van der Waals surface area contributed by atoms with Crippen molar-refractivity contribution in [3.63, 3.8) is 0 Å². The molecule has 4 heterocycles. The van der Waals surface area contributed by atoms with Gasteiger partial charge in [-0.25, -0.2) is 19.7 Å². The Morgan fingerprint density at radius 3 is 2.87 bits per heavy atom. The quantitative estimate of drug-likeness (QED) is 0.430. The zero-order valence-corrected chi connectivity index (χ0v) is 17.2. The maximum atomic E-state index is 11.6. The van der Waals surface area contributed by atoms with Gasteiger partial charge in [0.2, 0.25) is 5.91 Å². The number of methoxy groups -OCH3 is 1. The minimum Gasteiger partial charge on any atom is -0.465 e. The van der Waals surface area contributed by atoms with Crippen LogP contribution in [0.15, 0.2) is 30.6 Å². The van der Waals surface area contributed by atoms with Gasteiger partial charge in [-0.1, -0.05) is 6.07 Å². The lowest BCUT2D eigenvalue weighted by Gasteiger charge is -2.12. The lowest BCUT2D eigenvalue weighted by molar-refractivity contribution is -0.124. The van der Waals surface area contributed by atoms with Gasteiger partial charge in [-0.05, 0) is 18.2 Å². The Morgan fingerprint density at radius 2 is 2.13 bits per heavy atom. The van der Waals surface area contributed by atoms with E-state index in [1.165, 1.54) is 14.2 Å². The summed E-state index contributed by atoms with van der Waals surface area (Å²) >= 11 is 0. The molecule has 4 aromatic heterocycles. The third-order valence-corrected chi connectivity index (χ3v) is 4.85. The summed E-state index contributed by atoms with van der Waals surface area (Å²) in [5.74, 6) is 0.0183. The molecule has 0 fully saturated rings. The number of anilines is 1. The molecule has 31 heavy (non-hydrogen) atoms. The molecule has 11 nitrogen and oxygen atoms in total. The highest BCUT2D eigenvalue weighted by Gasteiger charge is 2.21. The van der Waals surface area contributed by atoms with E-state index in [1.54, 1.807) is 6.33 Å². The topological polar surface area (TPSA) is 138 Å². The number of fused-ring (bicyclic) bond motifs is 3. The van der Waals surface area contributed by atoms with E-state index in [0.717, 1.165) is 15.8 Å². The average Bonchev–Trinajstić information content (AvgIpc) is 3.35. The number of pyridine rings is 2. The normalized spacial score (nSPS) is 11.2. The van der Waals surface area contributed by atoms with E-state index < -0.39 is 6.09 Å². The molecule has 0 spiro atoms. The van der Waals surface area contributed by atoms with Gasteiger partial charge in [-0.3, -0.25) is 9.69 Å². The number of nitrogens with one attached hydrogen (secondary N) is 2. The number of H-pyrrole nitrogens is 1. The highest BCUT2D eigenvalue weighted by Crippen LogP contribution is 2.32. The monoisotopic (exact) mass is 423 g/mol. The number of ether oxygens (including phenoxy) is 1. The molecule has 0 saturated heterocycles. The number of carboxylic acid groups (broad SMARTS) is 1. The Kier molecular flexibility index (Phi) is 5.26. The number of aromatic amines is 1. The molecule has 0 aliphatic carbocycles. The molecule has 0 saturated carbocycles. The zero-order chi connectivity index (χ0) is 22.1. The third kappa shape index (κ3) is 3.78. The Bertz CT molecular complexity index is 1290. The van der Waals surface area contributed by atoms with Crippen LogP contribution in [0.25, 0.3) is 33.5 Å². The molecule has 0 radical (unpaired) electrons. The number of amides is 2. The second-order valence-electron chi connectivity index (χ2n) is 7.00. The standard InChI is InChI=1S/C20H21N7O4/c1-26-10-22-16-17(26)12-7-14(24-18(12)25-19(16)27(2)20(29)30)13-6-4-5-11(23-13)8-21-15(28)9-31-3/h4-7,10H,8-9H2,1-3H3,(H,21,28)(H,24,25)(H,29,30). The fourth-order valence-corrected chi connectivity index (χ4v) is 3.34. The molecule has 0 aliphatic heterocycles. The van der Waals surface area contributed by atoms with Crippen molar-refractivity contribution in [2.45, 2.75) is 6.54 Å². The Balaban J connectivity index is 1.76. The van der Waals surface area contributed by atoms with Crippen molar-refractivity contribution in [1.29, 1.82) is 0 Å². The summed E-state index contributed by atoms with van der Waals surface area (Å²) in [6, 6.07) is 7.42. The van der Waals surface area contributed by atoms with Gasteiger partial charge in [0.15, 0.2) is 5.82 Å². The fourth-order valence-electron chi connectivity index (χ4n) is 3.34. The molecule has 0 aromatic carbocycles. The van der Waals surface area contributed by atoms with Crippen molar-refractivity contribution in [2.75, 3.05) is 25.7 Å². The van der Waals surface area contributed by atoms with Crippen LogP contribution in [0.5, 0.6) is 0 Å². The first-order valence-electron chi connectivity index (χ1n) is 9.41. The van der Waals surface area contributed by atoms with E-state index in [9.17, 15) is 14.7 Å². The zero-order valence-electron chi connectivity index (χ0n) is 17.2. The van der Waals surface area contributed by atoms with E-state index in [0.29, 0.717) is 28.2 Å². The van der Waals surface area contributed by atoms with Crippen LogP contribution in [0.1, 0.15) is 5.69 Å². The van der Waals surface area contributed by atoms with E-state index in [1.807, 2.05) is 35.9 Å². The Hall–Kier alpha value is -3.99. The number of rotatable bonds is 6. The van der Waals surface area contributed by atoms with Gasteiger partial charge in [0.1, 0.15) is 17.8 Å². The smallest absolute Gasteiger partial charge is 0.412 e. The molecular weight excluding hydrogens is 402 g/mol. The van der Waals surface area contributed by atoms with Gasteiger partial charge in [0.05, 0.1) is 35.5 Å². The molecule has 0 bridgehead atoms. The predicted octanol–water partition coefficient (Wildman–Crippen LogP) is 1.89. The summed E-state index contributed by atoms with van der Waals surface area (Å²) in [6.07, 6.45) is 0.495. The number of aryl methyl sites for hydroxylation is 1. The van der Waals surface area contributed by atoms with Gasteiger partial charge < -0.3 is 24.7 Å². The molecule has 0 atom stereocenters. The van der Waals surface area contributed by atoms with Crippen LogP contribution >= 0.6 is 0 Å². The summed E-state index contributed by atoms with van der Waals surface area (Å²) in [4.78, 5) is 40.8. The number of hydrogen-bond donors (Lipinski definition) is 3. The van der Waals surface area contributed by atoms with Crippen molar-refractivity contribution in [2.24, 2.45) is 7.05 Å². The van der Waals surface area contributed by atoms with E-state index in [2.05, 4.69) is 25.3 Å². The Labute approximate surface area is 176 Å². The summed E-state index contributed by atoms with van der Waals surface area (Å²) in [7, 11) is 4.73. The first-order valence-corrected chi connectivity index (χ1v) is 9.41. The second-order valence-corrected chi connectivity index (χ2v) is 7.00. The van der Waals surface area contributed by atoms with Crippen LogP contribution in [-0.2, 0) is 23.1 Å². The highest BCUT2D eigenvalue weighted by atomic mass is 16.5. The first kappa shape index (κ1) is 20.3. The molecule has 11 heteroatoms. The minimum atomic E-state index is -1.13. The van der Waals surface area contributed by atoms with Crippen LogP contribution in [0.4, 0.5) is 10.6 Å². The SMILES string of the molecule is COCC(=O)NCc1cccc(-c2cc3c(nc(N(C)C(=O)O)c4ncn(C)c43)[nH]2)n1. The molecule has 2 amide bonds. The van der Waals surface area contributed by atoms with Crippen LogP contribution < -0.4 is 10.2 Å². The van der Waals surface area contributed by atoms with Gasteiger partial charge >= 0.3 is 6.09 Å². The molecule has 3 N–H and O–H groups in total. The number of carbonyl (C=O) groups is 2. The van der Waals surface area contributed by atoms with Crippen molar-refractivity contribution in [3.8, 4) is 11.4 Å². The molecule has 4 aromatic rings. The van der Waals surface area contributed by atoms with Crippen LogP contribution in [-0.4, -0.2) is 62.4 Å². The summed E-state index contributed by atoms with van der Waals surface area (Å²) in [6.45, 7) is 0.259. The van der Waals surface area contributed by atoms with Crippen molar-refractivity contribution in [3.05, 3.63) is 36.3 Å². The number of carbonyl (C=O) groups excluding carboxylic acids is 1. The van der Waals surface area contributed by atoms with Gasteiger partial charge in [-0.15, -0.1) is 0 Å². The molecule has 0 aliphatic rings. The number of hydrogen-bond acceptors (Lipinski definition) is 6. The lowest BCUT2D eigenvalue weighted by atomic mass is 10.2. The summed E-state index contributed by atoms with van der Waals surface area (Å²) in [5, 5.41) is 12.9. The van der Waals surface area contributed by atoms with Crippen molar-refractivity contribution in [1.82, 2.24) is 29.8 Å². The maximum Gasteiger partial charge on any atom is 0.412 e. The van der Waals surface area contributed by atoms with Crippen molar-refractivity contribution < 1.29 is 19.4 Å². The Morgan fingerprint density at radius 1 is 1.32 bits per heavy atom. The van der Waals surface area contributed by atoms with Crippen LogP contribution in [0.2, 0.25) is 0 Å². The number of imidazole rings is 1. The van der Waals surface area contributed by atoms with Gasteiger partial charge in [-0.2, -0.15) is 0 Å². The fraction of sp³-hybridized carbons (Fsp3) is 0.250. The summed E-state index contributed by atoms with van der Waals surface area (Å²) < 4.78 is 6.63. The average molecular weight is 423 g/mol. The van der Waals surface area contributed by atoms with Crippen LogP contribution in [0, 0.1) is 0 Å². The van der Waals surface area contributed by atoms with Gasteiger partial charge in [0.25, 0.3) is 0 Å². The first-order chi connectivity index (χ1) is 14.9. The summed E-state index contributed by atoms with van der Waals surface area (Å²) in [5.41, 5.74) is 3.84.